The molecule has 200 valence electrons. The van der Waals surface area contributed by atoms with Crippen LogP contribution >= 0.6 is 34.0 Å². The lowest BCUT2D eigenvalue weighted by molar-refractivity contribution is 1.35. The quantitative estimate of drug-likeness (QED) is 0.288. The standard InChI is InChI=1S/C31H17N7S4/c1-16-4-3-5-17(2)26(16)31-37-29-23(11-21-7-9-25(41-21)19(14-34)15-35)28(38-39)27(36)22(30(29)42-31)10-20-6-8-24(40-20)18(12-32)13-33/h3-11H,36H2,1-2H3/b20-10+,21-11+. The smallest absolute Gasteiger partial charge is 0.146 e. The number of aromatic nitrogens is 1. The number of benzene rings is 2. The molecular formula is C31H17N7S4. The molecule has 0 aliphatic heterocycles. The maximum Gasteiger partial charge on any atom is 0.146 e. The Hall–Kier alpha value is -5.01. The topological polar surface area (TPSA) is 146 Å². The molecule has 0 unspecified atom stereocenters. The van der Waals surface area contributed by atoms with Crippen LogP contribution < -0.4 is 23.9 Å². The Morgan fingerprint density at radius 1 is 0.810 bits per heavy atom. The molecule has 0 saturated carbocycles. The molecule has 0 fully saturated rings. The molecule has 0 spiro atoms. The van der Waals surface area contributed by atoms with Crippen molar-refractivity contribution >= 4 is 91.3 Å². The second-order valence-corrected chi connectivity index (χ2v) is 12.4. The second-order valence-electron chi connectivity index (χ2n) is 9.03. The number of nitriles is 4. The van der Waals surface area contributed by atoms with Crippen LogP contribution in [-0.2, 0) is 12.4 Å². The Kier molecular flexibility index (Phi) is 8.04. The highest BCUT2D eigenvalue weighted by Gasteiger charge is 2.21. The number of hydrogen-bond acceptors (Lipinski definition) is 11. The minimum Gasteiger partial charge on any atom is -0.396 e. The number of thiophene rings is 2. The van der Waals surface area contributed by atoms with Crippen molar-refractivity contribution in [1.29, 1.82) is 21.0 Å². The average molecular weight is 616 g/mol. The van der Waals surface area contributed by atoms with Gasteiger partial charge in [-0.2, -0.15) is 25.4 Å². The maximum absolute atomic E-state index is 9.30. The average Bonchev–Trinajstić information content (AvgIpc) is 3.73. The van der Waals surface area contributed by atoms with Gasteiger partial charge in [0.2, 0.25) is 0 Å². The highest BCUT2D eigenvalue weighted by molar-refractivity contribution is 7.47. The van der Waals surface area contributed by atoms with Crippen LogP contribution in [0, 0.1) is 59.2 Å². The number of fused-ring (bicyclic) bond motifs is 1. The fourth-order valence-electron chi connectivity index (χ4n) is 4.51. The predicted molar refractivity (Wildman–Crippen MR) is 172 cm³/mol. The van der Waals surface area contributed by atoms with Crippen molar-refractivity contribution in [2.45, 2.75) is 13.8 Å². The first-order valence-corrected chi connectivity index (χ1v) is 15.0. The SMILES string of the molecule is Cc1cccc(C)c1-c1nc2c(/C=c3\ccc(=C(C#N)C#N)s3)c(N=S)c(N)c(/C=c3\ccc(=C(C#N)C#N)s3)c2s1. The van der Waals surface area contributed by atoms with Gasteiger partial charge in [-0.3, -0.25) is 0 Å². The first-order valence-electron chi connectivity index (χ1n) is 12.2. The number of rotatable bonds is 4. The Labute approximate surface area is 257 Å². The number of nitrogens with zero attached hydrogens (tertiary/aromatic N) is 6. The van der Waals surface area contributed by atoms with Gasteiger partial charge in [-0.1, -0.05) is 18.2 Å². The summed E-state index contributed by atoms with van der Waals surface area (Å²) < 4.78 is 7.69. The molecule has 2 N–H and O–H groups in total. The molecule has 0 amide bonds. The molecule has 11 heteroatoms. The largest absolute Gasteiger partial charge is 0.396 e. The third kappa shape index (κ3) is 5.10. The molecule has 42 heavy (non-hydrogen) atoms. The molecule has 3 aromatic heterocycles. The molecule has 5 aromatic rings. The molecule has 5 rings (SSSR count). The van der Waals surface area contributed by atoms with Crippen LogP contribution in [0.15, 0.2) is 46.8 Å². The fourth-order valence-corrected chi connectivity index (χ4v) is 7.79. The first-order chi connectivity index (χ1) is 20.3. The van der Waals surface area contributed by atoms with Gasteiger partial charge in [0.15, 0.2) is 0 Å². The van der Waals surface area contributed by atoms with Gasteiger partial charge in [-0.15, -0.1) is 34.0 Å². The molecule has 0 radical (unpaired) electrons. The van der Waals surface area contributed by atoms with Crippen LogP contribution in [0.25, 0.3) is 44.1 Å². The van der Waals surface area contributed by atoms with Crippen molar-refractivity contribution in [2.24, 2.45) is 4.36 Å². The van der Waals surface area contributed by atoms with E-state index in [9.17, 15) is 21.0 Å². The summed E-state index contributed by atoms with van der Waals surface area (Å²) in [6, 6.07) is 21.0. The Balaban J connectivity index is 1.90. The number of anilines is 1. The van der Waals surface area contributed by atoms with E-state index < -0.39 is 0 Å². The Morgan fingerprint density at radius 2 is 1.33 bits per heavy atom. The summed E-state index contributed by atoms with van der Waals surface area (Å²) in [5, 5.41) is 38.0. The third-order valence-electron chi connectivity index (χ3n) is 6.48. The Bertz CT molecular complexity index is 2310. The summed E-state index contributed by atoms with van der Waals surface area (Å²) in [7, 11) is 0. The summed E-state index contributed by atoms with van der Waals surface area (Å²) in [6.07, 6.45) is 3.79. The summed E-state index contributed by atoms with van der Waals surface area (Å²) in [5.74, 6) is 0. The zero-order chi connectivity index (χ0) is 30.0. The molecule has 0 saturated heterocycles. The number of hydrogen-bond donors (Lipinski definition) is 1. The molecular weight excluding hydrogens is 599 g/mol. The predicted octanol–water partition coefficient (Wildman–Crippen LogP) is 4.70. The highest BCUT2D eigenvalue weighted by Crippen LogP contribution is 2.44. The van der Waals surface area contributed by atoms with Crippen molar-refractivity contribution in [2.75, 3.05) is 5.73 Å². The third-order valence-corrected chi connectivity index (χ3v) is 9.87. The maximum atomic E-state index is 9.30. The second kappa shape index (κ2) is 11.8. The number of aryl methyl sites for hydroxylation is 2. The minimum absolute atomic E-state index is 0.0388. The van der Waals surface area contributed by atoms with Crippen molar-refractivity contribution < 1.29 is 0 Å². The Morgan fingerprint density at radius 3 is 1.83 bits per heavy atom. The molecule has 0 aliphatic rings. The molecule has 0 atom stereocenters. The minimum atomic E-state index is 0.0388. The summed E-state index contributed by atoms with van der Waals surface area (Å²) >= 11 is 9.35. The zero-order valence-electron chi connectivity index (χ0n) is 22.1. The van der Waals surface area contributed by atoms with Crippen LogP contribution in [0.4, 0.5) is 11.4 Å². The molecule has 0 aliphatic carbocycles. The molecule has 3 heterocycles. The van der Waals surface area contributed by atoms with E-state index in [1.54, 1.807) is 12.1 Å². The summed E-state index contributed by atoms with van der Waals surface area (Å²) in [4.78, 5) is 5.10. The summed E-state index contributed by atoms with van der Waals surface area (Å²) in [5.41, 5.74) is 12.8. The van der Waals surface area contributed by atoms with E-state index in [2.05, 4.69) is 4.36 Å². The van der Waals surface area contributed by atoms with E-state index in [4.69, 9.17) is 23.1 Å². The van der Waals surface area contributed by atoms with Gasteiger partial charge in [-0.05, 0) is 61.4 Å². The number of thiazole rings is 1. The van der Waals surface area contributed by atoms with E-state index in [0.717, 1.165) is 35.5 Å². The number of nitrogen functional groups attached to an aromatic ring is 1. The summed E-state index contributed by atoms with van der Waals surface area (Å²) in [6.45, 7) is 4.09. The molecule has 2 aromatic carbocycles. The zero-order valence-corrected chi connectivity index (χ0v) is 25.4. The van der Waals surface area contributed by atoms with Crippen LogP contribution in [0.1, 0.15) is 22.3 Å². The van der Waals surface area contributed by atoms with E-state index in [0.29, 0.717) is 37.1 Å². The van der Waals surface area contributed by atoms with Crippen LogP contribution in [0.2, 0.25) is 0 Å². The van der Waals surface area contributed by atoms with Crippen LogP contribution in [0.5, 0.6) is 0 Å². The van der Waals surface area contributed by atoms with Crippen molar-refractivity contribution in [3.05, 3.63) is 82.8 Å². The van der Waals surface area contributed by atoms with E-state index in [1.807, 2.05) is 80.6 Å². The highest BCUT2D eigenvalue weighted by atomic mass is 32.1. The van der Waals surface area contributed by atoms with Crippen LogP contribution in [0.3, 0.4) is 0 Å². The van der Waals surface area contributed by atoms with Gasteiger partial charge < -0.3 is 5.73 Å². The first kappa shape index (κ1) is 28.5. The van der Waals surface area contributed by atoms with Gasteiger partial charge in [0.05, 0.1) is 25.0 Å². The van der Waals surface area contributed by atoms with Gasteiger partial charge >= 0.3 is 0 Å². The van der Waals surface area contributed by atoms with Gasteiger partial charge in [0, 0.05) is 38.2 Å². The monoisotopic (exact) mass is 615 g/mol. The number of nitrogens with two attached hydrogens (primary N) is 1. The van der Waals surface area contributed by atoms with Crippen molar-refractivity contribution in [3.63, 3.8) is 0 Å². The molecule has 7 nitrogen and oxygen atoms in total. The van der Waals surface area contributed by atoms with Crippen molar-refractivity contribution in [1.82, 2.24) is 4.98 Å². The van der Waals surface area contributed by atoms with Gasteiger partial charge in [0.25, 0.3) is 0 Å². The van der Waals surface area contributed by atoms with Crippen LogP contribution in [-0.4, -0.2) is 4.98 Å². The van der Waals surface area contributed by atoms with Gasteiger partial charge in [-0.25, -0.2) is 4.98 Å². The van der Waals surface area contributed by atoms with E-state index in [-0.39, 0.29) is 11.1 Å². The lowest BCUT2D eigenvalue weighted by atomic mass is 10.0. The van der Waals surface area contributed by atoms with E-state index >= 15 is 0 Å². The lowest BCUT2D eigenvalue weighted by Gasteiger charge is -2.09. The fraction of sp³-hybridized carbons (Fsp3) is 0.0645. The van der Waals surface area contributed by atoms with Gasteiger partial charge in [0.1, 0.15) is 46.1 Å². The lowest BCUT2D eigenvalue weighted by Crippen LogP contribution is -2.01. The normalized spacial score (nSPS) is 11.5. The van der Waals surface area contributed by atoms with Crippen molar-refractivity contribution in [3.8, 4) is 34.8 Å². The van der Waals surface area contributed by atoms with E-state index in [1.165, 1.54) is 34.0 Å². The molecule has 0 bridgehead atoms.